The maximum atomic E-state index is 12.5. The number of methoxy groups -OCH3 is 1. The molecular weight excluding hydrogens is 346 g/mol. The first kappa shape index (κ1) is 18.6. The summed E-state index contributed by atoms with van der Waals surface area (Å²) in [5, 5.41) is 3.17. The highest BCUT2D eigenvalue weighted by molar-refractivity contribution is 6.06. The first-order valence-corrected chi connectivity index (χ1v) is 8.55. The molecule has 3 aromatic rings. The van der Waals surface area contributed by atoms with Gasteiger partial charge < -0.3 is 15.0 Å². The van der Waals surface area contributed by atoms with Gasteiger partial charge in [0, 0.05) is 18.4 Å². The summed E-state index contributed by atoms with van der Waals surface area (Å²) in [5.74, 6) is -0.315. The lowest BCUT2D eigenvalue weighted by molar-refractivity contribution is 0.102. The molecule has 1 aromatic heterocycles. The van der Waals surface area contributed by atoms with E-state index in [0.29, 0.717) is 22.2 Å². The van der Waals surface area contributed by atoms with Crippen molar-refractivity contribution in [2.75, 3.05) is 19.0 Å². The third-order valence-corrected chi connectivity index (χ3v) is 4.53. The summed E-state index contributed by atoms with van der Waals surface area (Å²) in [6.07, 6.45) is 0. The normalized spacial score (nSPS) is 10.9. The van der Waals surface area contributed by atoms with Crippen LogP contribution in [0.15, 0.2) is 46.0 Å². The van der Waals surface area contributed by atoms with Crippen LogP contribution in [0.3, 0.4) is 0 Å². The molecule has 2 aromatic carbocycles. The number of hydrogen-bond acceptors (Lipinski definition) is 4. The van der Waals surface area contributed by atoms with E-state index in [0.717, 1.165) is 15.7 Å². The largest absolute Gasteiger partial charge is 0.383 e. The van der Waals surface area contributed by atoms with Gasteiger partial charge in [-0.15, -0.1) is 0 Å². The lowest BCUT2D eigenvalue weighted by Crippen LogP contribution is -2.36. The second-order valence-electron chi connectivity index (χ2n) is 6.39. The predicted octanol–water partition coefficient (Wildman–Crippen LogP) is 2.21. The Hall–Kier alpha value is -3.19. The van der Waals surface area contributed by atoms with Crippen molar-refractivity contribution >= 4 is 22.5 Å². The zero-order chi connectivity index (χ0) is 19.6. The predicted molar refractivity (Wildman–Crippen MR) is 105 cm³/mol. The fourth-order valence-electron chi connectivity index (χ4n) is 2.80. The van der Waals surface area contributed by atoms with Gasteiger partial charge in [0.05, 0.1) is 24.1 Å². The Kier molecular flexibility index (Phi) is 5.23. The molecule has 0 aliphatic carbocycles. The molecule has 0 unspecified atom stereocenters. The van der Waals surface area contributed by atoms with Crippen LogP contribution in [0, 0.1) is 13.8 Å². The van der Waals surface area contributed by atoms with E-state index in [1.165, 1.54) is 13.2 Å². The molecule has 140 valence electrons. The summed E-state index contributed by atoms with van der Waals surface area (Å²) in [6.45, 7) is 4.39. The molecule has 0 bridgehead atoms. The maximum Gasteiger partial charge on any atom is 0.328 e. The number of aromatic nitrogens is 2. The first-order chi connectivity index (χ1) is 12.9. The van der Waals surface area contributed by atoms with Crippen LogP contribution < -0.4 is 16.6 Å². The molecule has 7 heteroatoms. The SMILES string of the molecule is COCCn1c(=O)[nH]c2cc(C(=O)Nc3ccc(C)c(C)c3)ccc2c1=O. The van der Waals surface area contributed by atoms with Crippen LogP contribution in [0.5, 0.6) is 0 Å². The highest BCUT2D eigenvalue weighted by atomic mass is 16.5. The minimum atomic E-state index is -0.531. The number of hydrogen-bond donors (Lipinski definition) is 2. The standard InChI is InChI=1S/C20H21N3O4/c1-12-4-6-15(10-13(12)2)21-18(24)14-5-7-16-17(11-14)22-20(26)23(19(16)25)8-9-27-3/h4-7,10-11H,8-9H2,1-3H3,(H,21,24)(H,22,26). The Balaban J connectivity index is 1.94. The third kappa shape index (κ3) is 3.83. The lowest BCUT2D eigenvalue weighted by Gasteiger charge is -2.09. The smallest absolute Gasteiger partial charge is 0.328 e. The second-order valence-corrected chi connectivity index (χ2v) is 6.39. The molecule has 0 saturated carbocycles. The topological polar surface area (TPSA) is 93.2 Å². The Labute approximate surface area is 155 Å². The first-order valence-electron chi connectivity index (χ1n) is 8.55. The number of fused-ring (bicyclic) bond motifs is 1. The average molecular weight is 367 g/mol. The van der Waals surface area contributed by atoms with Gasteiger partial charge in [-0.2, -0.15) is 0 Å². The number of anilines is 1. The van der Waals surface area contributed by atoms with Crippen LogP contribution in [-0.2, 0) is 11.3 Å². The Bertz CT molecular complexity index is 1130. The van der Waals surface area contributed by atoms with Crippen LogP contribution in [0.4, 0.5) is 5.69 Å². The molecule has 0 aliphatic rings. The number of amides is 1. The number of H-pyrrole nitrogens is 1. The van der Waals surface area contributed by atoms with E-state index >= 15 is 0 Å². The van der Waals surface area contributed by atoms with Crippen LogP contribution in [0.25, 0.3) is 10.9 Å². The lowest BCUT2D eigenvalue weighted by atomic mass is 10.1. The molecule has 0 radical (unpaired) electrons. The average Bonchev–Trinajstić information content (AvgIpc) is 2.64. The molecular formula is C20H21N3O4. The van der Waals surface area contributed by atoms with E-state index in [4.69, 9.17) is 4.74 Å². The molecule has 1 heterocycles. The van der Waals surface area contributed by atoms with Crippen molar-refractivity contribution < 1.29 is 9.53 Å². The highest BCUT2D eigenvalue weighted by Crippen LogP contribution is 2.16. The monoisotopic (exact) mass is 367 g/mol. The van der Waals surface area contributed by atoms with E-state index in [2.05, 4.69) is 10.3 Å². The van der Waals surface area contributed by atoms with Gasteiger partial charge in [-0.3, -0.25) is 14.2 Å². The zero-order valence-corrected chi connectivity index (χ0v) is 15.5. The highest BCUT2D eigenvalue weighted by Gasteiger charge is 2.12. The molecule has 3 rings (SSSR count). The number of ether oxygens (including phenoxy) is 1. The fourth-order valence-corrected chi connectivity index (χ4v) is 2.80. The van der Waals surface area contributed by atoms with Gasteiger partial charge in [-0.25, -0.2) is 4.79 Å². The molecule has 1 amide bonds. The minimum absolute atomic E-state index is 0.162. The van der Waals surface area contributed by atoms with E-state index in [9.17, 15) is 14.4 Å². The molecule has 2 N–H and O–H groups in total. The Morgan fingerprint density at radius 3 is 2.59 bits per heavy atom. The zero-order valence-electron chi connectivity index (χ0n) is 15.5. The number of rotatable bonds is 5. The third-order valence-electron chi connectivity index (χ3n) is 4.53. The fraction of sp³-hybridized carbons (Fsp3) is 0.250. The maximum absolute atomic E-state index is 12.5. The number of aryl methyl sites for hydroxylation is 2. The van der Waals surface area contributed by atoms with Gasteiger partial charge in [0.2, 0.25) is 0 Å². The molecule has 0 saturated heterocycles. The quantitative estimate of drug-likeness (QED) is 0.723. The molecule has 0 fully saturated rings. The molecule has 7 nitrogen and oxygen atoms in total. The van der Waals surface area contributed by atoms with E-state index in [1.54, 1.807) is 12.1 Å². The second kappa shape index (κ2) is 7.59. The summed E-state index contributed by atoms with van der Waals surface area (Å²) in [6, 6.07) is 10.3. The van der Waals surface area contributed by atoms with Gasteiger partial charge in [0.1, 0.15) is 0 Å². The van der Waals surface area contributed by atoms with E-state index in [1.807, 2.05) is 32.0 Å². The number of carbonyl (C=O) groups excluding carboxylic acids is 1. The summed E-state index contributed by atoms with van der Waals surface area (Å²) >= 11 is 0. The summed E-state index contributed by atoms with van der Waals surface area (Å²) in [7, 11) is 1.50. The molecule has 0 aliphatic heterocycles. The van der Waals surface area contributed by atoms with Crippen molar-refractivity contribution in [3.63, 3.8) is 0 Å². The van der Waals surface area contributed by atoms with Crippen molar-refractivity contribution in [3.05, 3.63) is 73.9 Å². The van der Waals surface area contributed by atoms with Crippen molar-refractivity contribution in [2.45, 2.75) is 20.4 Å². The molecule has 0 atom stereocenters. The summed E-state index contributed by atoms with van der Waals surface area (Å²) in [5.41, 5.74) is 2.64. The number of nitrogens with zero attached hydrogens (tertiary/aromatic N) is 1. The minimum Gasteiger partial charge on any atom is -0.383 e. The summed E-state index contributed by atoms with van der Waals surface area (Å²) < 4.78 is 6.01. The van der Waals surface area contributed by atoms with E-state index in [-0.39, 0.29) is 19.1 Å². The van der Waals surface area contributed by atoms with Crippen LogP contribution >= 0.6 is 0 Å². The Morgan fingerprint density at radius 2 is 1.89 bits per heavy atom. The van der Waals surface area contributed by atoms with Crippen LogP contribution in [0.2, 0.25) is 0 Å². The van der Waals surface area contributed by atoms with Gasteiger partial charge in [-0.1, -0.05) is 6.07 Å². The molecule has 0 spiro atoms. The van der Waals surface area contributed by atoms with Crippen molar-refractivity contribution in [2.24, 2.45) is 0 Å². The van der Waals surface area contributed by atoms with Crippen molar-refractivity contribution in [3.8, 4) is 0 Å². The van der Waals surface area contributed by atoms with Crippen LogP contribution in [0.1, 0.15) is 21.5 Å². The number of aromatic amines is 1. The number of benzene rings is 2. The van der Waals surface area contributed by atoms with Gasteiger partial charge in [0.15, 0.2) is 0 Å². The number of nitrogens with one attached hydrogen (secondary N) is 2. The van der Waals surface area contributed by atoms with Crippen molar-refractivity contribution in [1.29, 1.82) is 0 Å². The summed E-state index contributed by atoms with van der Waals surface area (Å²) in [4.78, 5) is 39.8. The van der Waals surface area contributed by atoms with Gasteiger partial charge in [-0.05, 0) is 55.3 Å². The van der Waals surface area contributed by atoms with Crippen molar-refractivity contribution in [1.82, 2.24) is 9.55 Å². The molecule has 27 heavy (non-hydrogen) atoms. The van der Waals surface area contributed by atoms with Gasteiger partial charge >= 0.3 is 5.69 Å². The van der Waals surface area contributed by atoms with Crippen LogP contribution in [-0.4, -0.2) is 29.2 Å². The van der Waals surface area contributed by atoms with E-state index < -0.39 is 11.2 Å². The Morgan fingerprint density at radius 1 is 1.11 bits per heavy atom. The number of carbonyl (C=O) groups is 1. The van der Waals surface area contributed by atoms with Gasteiger partial charge in [0.25, 0.3) is 11.5 Å².